The Labute approximate surface area is 110 Å². The smallest absolute Gasteiger partial charge is 0.131 e. The molecule has 2 rings (SSSR count). The van der Waals surface area contributed by atoms with Crippen LogP contribution in [0.25, 0.3) is 0 Å². The minimum absolute atomic E-state index is 0.0518. The third kappa shape index (κ3) is 2.56. The highest BCUT2D eigenvalue weighted by molar-refractivity contribution is 5.47. The van der Waals surface area contributed by atoms with Gasteiger partial charge in [0.2, 0.25) is 0 Å². The third-order valence-corrected chi connectivity index (χ3v) is 2.97. The Morgan fingerprint density at radius 1 is 1.26 bits per heavy atom. The highest BCUT2D eigenvalue weighted by Crippen LogP contribution is 2.29. The Morgan fingerprint density at radius 2 is 1.89 bits per heavy atom. The number of nitrogen functional groups attached to an aromatic ring is 1. The molecule has 0 bridgehead atoms. The molecule has 3 N–H and O–H groups in total. The molecule has 0 saturated heterocycles. The summed E-state index contributed by atoms with van der Waals surface area (Å²) in [5, 5.41) is 2.88. The Morgan fingerprint density at radius 3 is 2.47 bits per heavy atom. The molecular weight excluding hydrogens is 248 g/mol. The van der Waals surface area contributed by atoms with Crippen LogP contribution in [0.3, 0.4) is 0 Å². The maximum atomic E-state index is 13.9. The van der Waals surface area contributed by atoms with Crippen molar-refractivity contribution in [1.29, 1.82) is 0 Å². The van der Waals surface area contributed by atoms with Gasteiger partial charge >= 0.3 is 0 Å². The van der Waals surface area contributed by atoms with Crippen LogP contribution < -0.4 is 11.1 Å². The quantitative estimate of drug-likeness (QED) is 0.894. The summed E-state index contributed by atoms with van der Waals surface area (Å²) in [5.74, 6) is -0.965. The van der Waals surface area contributed by atoms with Gasteiger partial charge in [0.1, 0.15) is 17.5 Å². The number of aromatic nitrogens is 1. The van der Waals surface area contributed by atoms with E-state index in [1.165, 1.54) is 18.2 Å². The van der Waals surface area contributed by atoms with Crippen molar-refractivity contribution in [3.63, 3.8) is 0 Å². The topological polar surface area (TPSA) is 50.9 Å². The van der Waals surface area contributed by atoms with Gasteiger partial charge in [0, 0.05) is 17.3 Å². The lowest BCUT2D eigenvalue weighted by Crippen LogP contribution is -2.22. The number of hydrogen-bond donors (Lipinski definition) is 2. The summed E-state index contributed by atoms with van der Waals surface area (Å²) in [7, 11) is 1.62. The number of halogens is 2. The van der Waals surface area contributed by atoms with Crippen molar-refractivity contribution in [3.05, 3.63) is 58.8 Å². The average Bonchev–Trinajstić information content (AvgIpc) is 2.37. The van der Waals surface area contributed by atoms with E-state index in [4.69, 9.17) is 5.73 Å². The fraction of sp³-hybridized carbons (Fsp3) is 0.214. The second-order valence-electron chi connectivity index (χ2n) is 4.34. The number of aryl methyl sites for hydroxylation is 1. The van der Waals surface area contributed by atoms with Gasteiger partial charge in [-0.15, -0.1) is 0 Å². The molecule has 1 unspecified atom stereocenters. The monoisotopic (exact) mass is 263 g/mol. The minimum atomic E-state index is -0.673. The van der Waals surface area contributed by atoms with Crippen molar-refractivity contribution in [2.75, 3.05) is 12.8 Å². The maximum absolute atomic E-state index is 13.9. The van der Waals surface area contributed by atoms with Crippen molar-refractivity contribution in [3.8, 4) is 0 Å². The van der Waals surface area contributed by atoms with E-state index < -0.39 is 17.7 Å². The van der Waals surface area contributed by atoms with Gasteiger partial charge in [-0.2, -0.15) is 0 Å². The number of nitrogens with zero attached hydrogens (tertiary/aromatic N) is 1. The highest BCUT2D eigenvalue weighted by atomic mass is 19.1. The minimum Gasteiger partial charge on any atom is -0.383 e. The predicted octanol–water partition coefficient (Wildman–Crippen LogP) is 2.56. The highest BCUT2D eigenvalue weighted by Gasteiger charge is 2.22. The Bertz CT molecular complexity index is 579. The van der Waals surface area contributed by atoms with Crippen molar-refractivity contribution in [2.45, 2.75) is 13.0 Å². The van der Waals surface area contributed by atoms with Gasteiger partial charge in [-0.05, 0) is 37.7 Å². The summed E-state index contributed by atoms with van der Waals surface area (Å²) in [4.78, 5) is 4.03. The van der Waals surface area contributed by atoms with Gasteiger partial charge in [-0.3, -0.25) is 0 Å². The van der Waals surface area contributed by atoms with E-state index >= 15 is 0 Å². The molecule has 0 fully saturated rings. The first-order valence-corrected chi connectivity index (χ1v) is 5.87. The first-order chi connectivity index (χ1) is 9.04. The van der Waals surface area contributed by atoms with Gasteiger partial charge in [0.15, 0.2) is 0 Å². The zero-order chi connectivity index (χ0) is 14.0. The van der Waals surface area contributed by atoms with Crippen molar-refractivity contribution < 1.29 is 8.78 Å². The van der Waals surface area contributed by atoms with Gasteiger partial charge in [-0.25, -0.2) is 13.8 Å². The first-order valence-electron chi connectivity index (χ1n) is 5.87. The summed E-state index contributed by atoms with van der Waals surface area (Å²) in [6.07, 6.45) is 1.61. The third-order valence-electron chi connectivity index (χ3n) is 2.97. The predicted molar refractivity (Wildman–Crippen MR) is 70.6 cm³/mol. The summed E-state index contributed by atoms with van der Waals surface area (Å²) >= 11 is 0. The molecule has 0 spiro atoms. The molecule has 19 heavy (non-hydrogen) atoms. The molecule has 1 aromatic heterocycles. The fourth-order valence-corrected chi connectivity index (χ4v) is 2.08. The molecule has 0 aliphatic heterocycles. The molecule has 1 aromatic carbocycles. The van der Waals surface area contributed by atoms with Gasteiger partial charge in [0.25, 0.3) is 0 Å². The van der Waals surface area contributed by atoms with E-state index in [0.29, 0.717) is 5.56 Å². The number of benzene rings is 1. The molecule has 0 aliphatic carbocycles. The summed E-state index contributed by atoms with van der Waals surface area (Å²) in [5.41, 5.74) is 7.19. The fourth-order valence-electron chi connectivity index (χ4n) is 2.08. The van der Waals surface area contributed by atoms with E-state index in [2.05, 4.69) is 10.3 Å². The number of pyridine rings is 1. The molecule has 5 heteroatoms. The van der Waals surface area contributed by atoms with Crippen LogP contribution in [0.5, 0.6) is 0 Å². The van der Waals surface area contributed by atoms with E-state index in [9.17, 15) is 8.78 Å². The number of nitrogens with two attached hydrogens (primary N) is 1. The van der Waals surface area contributed by atoms with Crippen molar-refractivity contribution >= 4 is 5.82 Å². The number of nitrogens with one attached hydrogen (secondary N) is 1. The van der Waals surface area contributed by atoms with E-state index in [1.807, 2.05) is 6.92 Å². The SMILES string of the molecule is CNC(c1cc(C)cnc1N)c1c(F)cccc1F. The largest absolute Gasteiger partial charge is 0.383 e. The molecule has 100 valence electrons. The zero-order valence-corrected chi connectivity index (χ0v) is 10.7. The van der Waals surface area contributed by atoms with Crippen molar-refractivity contribution in [1.82, 2.24) is 10.3 Å². The van der Waals surface area contributed by atoms with Crippen LogP contribution in [0.1, 0.15) is 22.7 Å². The number of rotatable bonds is 3. The van der Waals surface area contributed by atoms with Crippen LogP contribution >= 0.6 is 0 Å². The first kappa shape index (κ1) is 13.4. The van der Waals surface area contributed by atoms with E-state index in [1.54, 1.807) is 19.3 Å². The molecule has 1 atom stereocenters. The zero-order valence-electron chi connectivity index (χ0n) is 10.7. The van der Waals surface area contributed by atoms with Crippen molar-refractivity contribution in [2.24, 2.45) is 0 Å². The summed E-state index contributed by atoms with van der Waals surface area (Å²) in [6, 6.07) is 4.88. The van der Waals surface area contributed by atoms with Crippen LogP contribution in [0.15, 0.2) is 30.5 Å². The lowest BCUT2D eigenvalue weighted by Gasteiger charge is -2.20. The second-order valence-corrected chi connectivity index (χ2v) is 4.34. The van der Waals surface area contributed by atoms with E-state index in [0.717, 1.165) is 5.56 Å². The van der Waals surface area contributed by atoms with Crippen LogP contribution in [0, 0.1) is 18.6 Å². The van der Waals surface area contributed by atoms with Gasteiger partial charge < -0.3 is 11.1 Å². The molecular formula is C14H15F2N3. The van der Waals surface area contributed by atoms with Crippen LogP contribution in [-0.4, -0.2) is 12.0 Å². The molecule has 3 nitrogen and oxygen atoms in total. The van der Waals surface area contributed by atoms with Gasteiger partial charge in [0.05, 0.1) is 6.04 Å². The Balaban J connectivity index is 2.59. The summed E-state index contributed by atoms with van der Waals surface area (Å²) < 4.78 is 27.7. The number of anilines is 1. The Kier molecular flexibility index (Phi) is 3.76. The van der Waals surface area contributed by atoms with Crippen LogP contribution in [0.4, 0.5) is 14.6 Å². The van der Waals surface area contributed by atoms with Crippen LogP contribution in [0.2, 0.25) is 0 Å². The summed E-state index contributed by atoms with van der Waals surface area (Å²) in [6.45, 7) is 1.85. The average molecular weight is 263 g/mol. The molecule has 0 aliphatic rings. The lowest BCUT2D eigenvalue weighted by molar-refractivity contribution is 0.522. The molecule has 2 aromatic rings. The molecule has 0 radical (unpaired) electrons. The second kappa shape index (κ2) is 5.32. The number of hydrogen-bond acceptors (Lipinski definition) is 3. The molecule has 0 amide bonds. The molecule has 0 saturated carbocycles. The normalized spacial score (nSPS) is 12.4. The standard InChI is InChI=1S/C14H15F2N3/c1-8-6-9(14(17)19-7-8)13(18-2)12-10(15)4-3-5-11(12)16/h3-7,13,18H,1-2H3,(H2,17,19). The van der Waals surface area contributed by atoms with E-state index in [-0.39, 0.29) is 11.4 Å². The van der Waals surface area contributed by atoms with Gasteiger partial charge in [-0.1, -0.05) is 6.07 Å². The maximum Gasteiger partial charge on any atom is 0.131 e. The lowest BCUT2D eigenvalue weighted by atomic mass is 9.97. The molecule has 1 heterocycles. The Hall–Kier alpha value is -2.01. The van der Waals surface area contributed by atoms with Crippen LogP contribution in [-0.2, 0) is 0 Å².